The van der Waals surface area contributed by atoms with E-state index < -0.39 is 0 Å². The van der Waals surface area contributed by atoms with Gasteiger partial charge in [0.2, 0.25) is 0 Å². The van der Waals surface area contributed by atoms with Crippen LogP contribution in [0, 0.1) is 5.82 Å². The van der Waals surface area contributed by atoms with Gasteiger partial charge in [-0.05, 0) is 36.6 Å². The molecule has 1 aromatic carbocycles. The Morgan fingerprint density at radius 2 is 1.93 bits per heavy atom. The van der Waals surface area contributed by atoms with Crippen molar-refractivity contribution in [3.8, 4) is 0 Å². The van der Waals surface area contributed by atoms with E-state index in [1.165, 1.54) is 12.1 Å². The molecule has 0 unspecified atom stereocenters. The summed E-state index contributed by atoms with van der Waals surface area (Å²) in [5, 5.41) is 3.82. The molecule has 15 heavy (non-hydrogen) atoms. The molecule has 1 aromatic rings. The lowest BCUT2D eigenvalue weighted by molar-refractivity contribution is 0.483. The van der Waals surface area contributed by atoms with Crippen molar-refractivity contribution in [3.63, 3.8) is 0 Å². The van der Waals surface area contributed by atoms with E-state index in [0.29, 0.717) is 17.6 Å². The van der Waals surface area contributed by atoms with Gasteiger partial charge in [0, 0.05) is 17.6 Å². The molecule has 0 saturated carbocycles. The van der Waals surface area contributed by atoms with Crippen LogP contribution in [0.1, 0.15) is 32.3 Å². The molecule has 1 N–H and O–H groups in total. The van der Waals surface area contributed by atoms with Gasteiger partial charge in [-0.15, -0.1) is 0 Å². The van der Waals surface area contributed by atoms with Gasteiger partial charge < -0.3 is 5.32 Å². The van der Waals surface area contributed by atoms with Crippen LogP contribution < -0.4 is 5.32 Å². The molecule has 0 aromatic heterocycles. The average molecular weight is 230 g/mol. The third-order valence-electron chi connectivity index (χ3n) is 2.50. The monoisotopic (exact) mass is 229 g/mol. The minimum Gasteiger partial charge on any atom is -0.310 e. The first-order valence-electron chi connectivity index (χ1n) is 5.34. The van der Waals surface area contributed by atoms with Crippen LogP contribution in [-0.2, 0) is 6.54 Å². The fourth-order valence-corrected chi connectivity index (χ4v) is 1.80. The molecular formula is C12H17ClFN. The quantitative estimate of drug-likeness (QED) is 0.811. The average Bonchev–Trinajstić information content (AvgIpc) is 2.18. The SMILES string of the molecule is CCC(CC)NCc1cc(F)cc(Cl)c1. The van der Waals surface area contributed by atoms with Crippen LogP contribution in [0.3, 0.4) is 0 Å². The summed E-state index contributed by atoms with van der Waals surface area (Å²) in [6.45, 7) is 4.95. The van der Waals surface area contributed by atoms with Gasteiger partial charge in [-0.2, -0.15) is 0 Å². The molecule has 0 amide bonds. The third kappa shape index (κ3) is 4.18. The van der Waals surface area contributed by atoms with Crippen LogP contribution in [0.15, 0.2) is 18.2 Å². The van der Waals surface area contributed by atoms with Crippen molar-refractivity contribution in [2.45, 2.75) is 39.3 Å². The molecule has 0 atom stereocenters. The zero-order chi connectivity index (χ0) is 11.3. The van der Waals surface area contributed by atoms with Crippen LogP contribution in [0.4, 0.5) is 4.39 Å². The van der Waals surface area contributed by atoms with Gasteiger partial charge in [-0.25, -0.2) is 4.39 Å². The van der Waals surface area contributed by atoms with E-state index in [1.54, 1.807) is 6.07 Å². The second-order valence-corrected chi connectivity index (χ2v) is 4.11. The summed E-state index contributed by atoms with van der Waals surface area (Å²) in [5.41, 5.74) is 0.895. The van der Waals surface area contributed by atoms with Gasteiger partial charge in [-0.1, -0.05) is 25.4 Å². The van der Waals surface area contributed by atoms with Gasteiger partial charge in [0.15, 0.2) is 0 Å². The van der Waals surface area contributed by atoms with E-state index in [0.717, 1.165) is 18.4 Å². The normalized spacial score (nSPS) is 11.0. The molecular weight excluding hydrogens is 213 g/mol. The Balaban J connectivity index is 2.57. The number of nitrogens with one attached hydrogen (secondary N) is 1. The predicted octanol–water partition coefficient (Wildman–Crippen LogP) is 3.76. The number of hydrogen-bond acceptors (Lipinski definition) is 1. The second-order valence-electron chi connectivity index (χ2n) is 3.67. The van der Waals surface area contributed by atoms with Crippen molar-refractivity contribution in [3.05, 3.63) is 34.6 Å². The van der Waals surface area contributed by atoms with Gasteiger partial charge in [-0.3, -0.25) is 0 Å². The third-order valence-corrected chi connectivity index (χ3v) is 2.72. The van der Waals surface area contributed by atoms with Crippen molar-refractivity contribution in [2.24, 2.45) is 0 Å². The van der Waals surface area contributed by atoms with E-state index in [9.17, 15) is 4.39 Å². The Labute approximate surface area is 95.6 Å². The molecule has 0 saturated heterocycles. The van der Waals surface area contributed by atoms with Gasteiger partial charge >= 0.3 is 0 Å². The highest BCUT2D eigenvalue weighted by molar-refractivity contribution is 6.30. The topological polar surface area (TPSA) is 12.0 Å². The summed E-state index contributed by atoms with van der Waals surface area (Å²) >= 11 is 5.77. The zero-order valence-electron chi connectivity index (χ0n) is 9.19. The van der Waals surface area contributed by atoms with Crippen LogP contribution in [0.25, 0.3) is 0 Å². The summed E-state index contributed by atoms with van der Waals surface area (Å²) in [6.07, 6.45) is 2.17. The highest BCUT2D eigenvalue weighted by Crippen LogP contribution is 2.14. The number of benzene rings is 1. The molecule has 1 rings (SSSR count). The van der Waals surface area contributed by atoms with Crippen LogP contribution in [-0.4, -0.2) is 6.04 Å². The fraction of sp³-hybridized carbons (Fsp3) is 0.500. The maximum Gasteiger partial charge on any atom is 0.125 e. The Morgan fingerprint density at radius 3 is 2.47 bits per heavy atom. The molecule has 0 aliphatic rings. The maximum atomic E-state index is 13.0. The Hall–Kier alpha value is -0.600. The smallest absolute Gasteiger partial charge is 0.125 e. The van der Waals surface area contributed by atoms with Crippen LogP contribution in [0.5, 0.6) is 0 Å². The molecule has 0 radical (unpaired) electrons. The van der Waals surface area contributed by atoms with Crippen molar-refractivity contribution >= 4 is 11.6 Å². The first kappa shape index (κ1) is 12.5. The van der Waals surface area contributed by atoms with E-state index >= 15 is 0 Å². The molecule has 84 valence electrons. The van der Waals surface area contributed by atoms with Crippen molar-refractivity contribution in [1.29, 1.82) is 0 Å². The second kappa shape index (κ2) is 6.09. The molecule has 0 spiro atoms. The zero-order valence-corrected chi connectivity index (χ0v) is 9.94. The van der Waals surface area contributed by atoms with Crippen LogP contribution >= 0.6 is 11.6 Å². The molecule has 0 heterocycles. The standard InChI is InChI=1S/C12H17ClFN/c1-3-12(4-2)15-8-9-5-10(13)7-11(14)6-9/h5-7,12,15H,3-4,8H2,1-2H3. The molecule has 0 aliphatic carbocycles. The minimum atomic E-state index is -0.274. The van der Waals surface area contributed by atoms with E-state index in [4.69, 9.17) is 11.6 Å². The number of halogens is 2. The number of rotatable bonds is 5. The van der Waals surface area contributed by atoms with Gasteiger partial charge in [0.25, 0.3) is 0 Å². The summed E-state index contributed by atoms with van der Waals surface area (Å²) in [5.74, 6) is -0.274. The summed E-state index contributed by atoms with van der Waals surface area (Å²) < 4.78 is 13.0. The van der Waals surface area contributed by atoms with Crippen molar-refractivity contribution in [2.75, 3.05) is 0 Å². The number of hydrogen-bond donors (Lipinski definition) is 1. The molecule has 0 aliphatic heterocycles. The highest BCUT2D eigenvalue weighted by Gasteiger charge is 2.03. The predicted molar refractivity (Wildman–Crippen MR) is 62.6 cm³/mol. The highest BCUT2D eigenvalue weighted by atomic mass is 35.5. The van der Waals surface area contributed by atoms with Crippen LogP contribution in [0.2, 0.25) is 5.02 Å². The fourth-order valence-electron chi connectivity index (χ4n) is 1.55. The lowest BCUT2D eigenvalue weighted by Gasteiger charge is -2.14. The molecule has 0 fully saturated rings. The molecule has 3 heteroatoms. The summed E-state index contributed by atoms with van der Waals surface area (Å²) in [6, 6.07) is 5.12. The van der Waals surface area contributed by atoms with Gasteiger partial charge in [0.1, 0.15) is 5.82 Å². The molecule has 1 nitrogen and oxygen atoms in total. The lowest BCUT2D eigenvalue weighted by atomic mass is 10.1. The van der Waals surface area contributed by atoms with E-state index in [2.05, 4.69) is 19.2 Å². The van der Waals surface area contributed by atoms with Crippen molar-refractivity contribution < 1.29 is 4.39 Å². The van der Waals surface area contributed by atoms with Crippen molar-refractivity contribution in [1.82, 2.24) is 5.32 Å². The summed E-state index contributed by atoms with van der Waals surface area (Å²) in [7, 11) is 0. The Kier molecular flexibility index (Phi) is 5.06. The largest absolute Gasteiger partial charge is 0.310 e. The summed E-state index contributed by atoms with van der Waals surface area (Å²) in [4.78, 5) is 0. The minimum absolute atomic E-state index is 0.274. The first-order chi connectivity index (χ1) is 7.15. The van der Waals surface area contributed by atoms with E-state index in [-0.39, 0.29) is 5.82 Å². The van der Waals surface area contributed by atoms with E-state index in [1.807, 2.05) is 0 Å². The maximum absolute atomic E-state index is 13.0. The molecule has 0 bridgehead atoms. The first-order valence-corrected chi connectivity index (χ1v) is 5.71. The van der Waals surface area contributed by atoms with Gasteiger partial charge in [0.05, 0.1) is 0 Å². The Morgan fingerprint density at radius 1 is 1.27 bits per heavy atom. The lowest BCUT2D eigenvalue weighted by Crippen LogP contribution is -2.26. The Bertz CT molecular complexity index is 290.